The Morgan fingerprint density at radius 1 is 1.02 bits per heavy atom. The smallest absolute Gasteiger partial charge is 0.407 e. The normalized spacial score (nSPS) is 17.2. The van der Waals surface area contributed by atoms with Crippen molar-refractivity contribution in [2.45, 2.75) is 70.5 Å². The highest BCUT2D eigenvalue weighted by molar-refractivity contribution is 6.74. The molecule has 0 unspecified atom stereocenters. The van der Waals surface area contributed by atoms with Crippen LogP contribution in [0.5, 0.6) is 11.5 Å². The van der Waals surface area contributed by atoms with Crippen LogP contribution in [0.4, 0.5) is 9.18 Å². The first-order chi connectivity index (χ1) is 21.2. The molecule has 0 spiro atoms. The van der Waals surface area contributed by atoms with Crippen LogP contribution in [0, 0.1) is 5.82 Å². The Labute approximate surface area is 264 Å². The molecule has 1 aliphatic rings. The van der Waals surface area contributed by atoms with E-state index < -0.39 is 44.3 Å². The molecule has 1 fully saturated rings. The Bertz CT molecular complexity index is 1490. The zero-order chi connectivity index (χ0) is 32.8. The van der Waals surface area contributed by atoms with Crippen molar-refractivity contribution in [2.75, 3.05) is 13.1 Å². The fourth-order valence-corrected chi connectivity index (χ4v) is 5.71. The SMILES string of the molecule is CC(C)(C)[Si](C)(C)Oc1ccc(C(=O)N[C@@H]2CN(C(=O)O)CCC[C@H]2OC(=O)c2cc(F)ccc2OCc2ccccc2)cc1. The first-order valence-corrected chi connectivity index (χ1v) is 17.9. The van der Waals surface area contributed by atoms with E-state index in [2.05, 4.69) is 39.2 Å². The predicted molar refractivity (Wildman–Crippen MR) is 171 cm³/mol. The van der Waals surface area contributed by atoms with Gasteiger partial charge in [-0.3, -0.25) is 4.79 Å². The van der Waals surface area contributed by atoms with Gasteiger partial charge in [0.2, 0.25) is 8.32 Å². The summed E-state index contributed by atoms with van der Waals surface area (Å²) in [6.45, 7) is 11.0. The molecule has 0 bridgehead atoms. The largest absolute Gasteiger partial charge is 0.544 e. The molecule has 240 valence electrons. The second-order valence-electron chi connectivity index (χ2n) is 12.7. The third-order valence-electron chi connectivity index (χ3n) is 8.32. The molecule has 0 aliphatic carbocycles. The quantitative estimate of drug-likeness (QED) is 0.194. The van der Waals surface area contributed by atoms with E-state index in [0.717, 1.165) is 11.6 Å². The molecule has 0 aromatic heterocycles. The number of likely N-dealkylation sites (tertiary alicyclic amines) is 1. The van der Waals surface area contributed by atoms with E-state index in [0.29, 0.717) is 17.7 Å². The lowest BCUT2D eigenvalue weighted by Gasteiger charge is -2.36. The van der Waals surface area contributed by atoms with E-state index in [9.17, 15) is 23.9 Å². The number of carbonyl (C=O) groups is 3. The van der Waals surface area contributed by atoms with E-state index in [-0.39, 0.29) is 42.5 Å². The molecule has 11 heteroatoms. The number of hydrogen-bond acceptors (Lipinski definition) is 6. The molecular formula is C34H41FN2O7Si. The number of nitrogens with zero attached hydrogens (tertiary/aromatic N) is 1. The fourth-order valence-electron chi connectivity index (χ4n) is 4.68. The van der Waals surface area contributed by atoms with E-state index in [1.165, 1.54) is 17.0 Å². The molecule has 2 atom stereocenters. The summed E-state index contributed by atoms with van der Waals surface area (Å²) in [5.74, 6) is -1.12. The second kappa shape index (κ2) is 14.1. The molecule has 1 heterocycles. The first-order valence-electron chi connectivity index (χ1n) is 15.0. The van der Waals surface area contributed by atoms with Crippen molar-refractivity contribution in [3.8, 4) is 11.5 Å². The van der Waals surface area contributed by atoms with Crippen LogP contribution in [-0.4, -0.2) is 61.5 Å². The van der Waals surface area contributed by atoms with Gasteiger partial charge in [0.1, 0.15) is 35.6 Å². The van der Waals surface area contributed by atoms with Crippen LogP contribution < -0.4 is 14.5 Å². The van der Waals surface area contributed by atoms with Crippen molar-refractivity contribution < 1.29 is 37.8 Å². The van der Waals surface area contributed by atoms with Crippen LogP contribution in [0.15, 0.2) is 72.8 Å². The molecule has 4 rings (SSSR count). The minimum Gasteiger partial charge on any atom is -0.544 e. The monoisotopic (exact) mass is 636 g/mol. The molecule has 3 aromatic rings. The zero-order valence-corrected chi connectivity index (χ0v) is 27.3. The van der Waals surface area contributed by atoms with Crippen LogP contribution in [0.25, 0.3) is 0 Å². The number of carbonyl (C=O) groups excluding carboxylic acids is 2. The van der Waals surface area contributed by atoms with Crippen LogP contribution in [0.2, 0.25) is 18.1 Å². The van der Waals surface area contributed by atoms with Gasteiger partial charge in [0.25, 0.3) is 5.91 Å². The van der Waals surface area contributed by atoms with Gasteiger partial charge in [0.05, 0.1) is 6.04 Å². The van der Waals surface area contributed by atoms with Gasteiger partial charge in [-0.2, -0.15) is 0 Å². The van der Waals surface area contributed by atoms with Gasteiger partial charge >= 0.3 is 12.1 Å². The van der Waals surface area contributed by atoms with Crippen molar-refractivity contribution in [3.63, 3.8) is 0 Å². The van der Waals surface area contributed by atoms with Crippen molar-refractivity contribution in [3.05, 3.63) is 95.3 Å². The average molecular weight is 637 g/mol. The Hall–Kier alpha value is -4.38. The molecule has 3 aromatic carbocycles. The number of halogens is 1. The number of carboxylic acid groups (broad SMARTS) is 1. The van der Waals surface area contributed by atoms with E-state index >= 15 is 0 Å². The molecule has 1 saturated heterocycles. The minimum absolute atomic E-state index is 0.00526. The summed E-state index contributed by atoms with van der Waals surface area (Å²) in [6, 6.07) is 18.8. The molecule has 0 radical (unpaired) electrons. The number of benzene rings is 3. The number of rotatable bonds is 9. The third kappa shape index (κ3) is 8.84. The predicted octanol–water partition coefficient (Wildman–Crippen LogP) is 6.89. The lowest BCUT2D eigenvalue weighted by molar-refractivity contribution is 0.0174. The van der Waals surface area contributed by atoms with Crippen molar-refractivity contribution >= 4 is 26.3 Å². The van der Waals surface area contributed by atoms with E-state index in [1.807, 2.05) is 30.3 Å². The van der Waals surface area contributed by atoms with Crippen LogP contribution in [0.1, 0.15) is 59.9 Å². The average Bonchev–Trinajstić information content (AvgIpc) is 3.18. The van der Waals surface area contributed by atoms with E-state index in [4.69, 9.17) is 13.9 Å². The summed E-state index contributed by atoms with van der Waals surface area (Å²) in [4.78, 5) is 39.9. The topological polar surface area (TPSA) is 114 Å². The maximum absolute atomic E-state index is 14.3. The van der Waals surface area contributed by atoms with E-state index in [1.54, 1.807) is 24.3 Å². The Kier molecular flexibility index (Phi) is 10.5. The van der Waals surface area contributed by atoms with Gasteiger partial charge in [-0.15, -0.1) is 0 Å². The second-order valence-corrected chi connectivity index (χ2v) is 17.4. The maximum Gasteiger partial charge on any atom is 0.407 e. The summed E-state index contributed by atoms with van der Waals surface area (Å²) in [7, 11) is -2.08. The number of nitrogens with one attached hydrogen (secondary N) is 1. The summed E-state index contributed by atoms with van der Waals surface area (Å²) in [5, 5.41) is 12.6. The lowest BCUT2D eigenvalue weighted by atomic mass is 10.1. The van der Waals surface area contributed by atoms with Gasteiger partial charge in [-0.25, -0.2) is 14.0 Å². The third-order valence-corrected chi connectivity index (χ3v) is 12.7. The van der Waals surface area contributed by atoms with Crippen molar-refractivity contribution in [2.24, 2.45) is 0 Å². The number of esters is 1. The number of amides is 2. The molecule has 1 aliphatic heterocycles. The Balaban J connectivity index is 1.51. The summed E-state index contributed by atoms with van der Waals surface area (Å²) in [5.41, 5.74) is 1.10. The van der Waals surface area contributed by atoms with Crippen LogP contribution >= 0.6 is 0 Å². The maximum atomic E-state index is 14.3. The fraction of sp³-hybridized carbons (Fsp3) is 0.382. The molecule has 2 amide bonds. The number of hydrogen-bond donors (Lipinski definition) is 2. The molecule has 2 N–H and O–H groups in total. The highest BCUT2D eigenvalue weighted by atomic mass is 28.4. The van der Waals surface area contributed by atoms with Gasteiger partial charge < -0.3 is 29.2 Å². The van der Waals surface area contributed by atoms with Gasteiger partial charge in [0, 0.05) is 18.7 Å². The number of ether oxygens (including phenoxy) is 2. The minimum atomic E-state index is -2.08. The highest BCUT2D eigenvalue weighted by Crippen LogP contribution is 2.37. The van der Waals surface area contributed by atoms with Gasteiger partial charge in [-0.05, 0) is 79.0 Å². The molecule has 45 heavy (non-hydrogen) atoms. The zero-order valence-electron chi connectivity index (χ0n) is 26.3. The lowest BCUT2D eigenvalue weighted by Crippen LogP contribution is -2.51. The van der Waals surface area contributed by atoms with Gasteiger partial charge in [0.15, 0.2) is 0 Å². The van der Waals surface area contributed by atoms with Gasteiger partial charge in [-0.1, -0.05) is 51.1 Å². The Morgan fingerprint density at radius 2 is 1.71 bits per heavy atom. The summed E-state index contributed by atoms with van der Waals surface area (Å²) in [6.07, 6.45) is -1.33. The summed E-state index contributed by atoms with van der Waals surface area (Å²) >= 11 is 0. The molecule has 0 saturated carbocycles. The van der Waals surface area contributed by atoms with Crippen molar-refractivity contribution in [1.82, 2.24) is 10.2 Å². The Morgan fingerprint density at radius 3 is 2.36 bits per heavy atom. The van der Waals surface area contributed by atoms with Crippen molar-refractivity contribution in [1.29, 1.82) is 0 Å². The summed E-state index contributed by atoms with van der Waals surface area (Å²) < 4.78 is 32.3. The van der Waals surface area contributed by atoms with Crippen LogP contribution in [0.3, 0.4) is 0 Å². The molecular weight excluding hydrogens is 595 g/mol. The highest BCUT2D eigenvalue weighted by Gasteiger charge is 2.39. The van der Waals surface area contributed by atoms with Crippen LogP contribution in [-0.2, 0) is 11.3 Å². The standard InChI is InChI=1S/C34H41FN2O7Si/c1-34(2,3)45(4,5)44-26-16-13-24(14-17-26)31(38)36-28-21-37(33(40)41)19-9-12-30(28)43-32(39)27-20-25(35)15-18-29(27)42-22-23-10-7-6-8-11-23/h6-8,10-11,13-18,20,28,30H,9,12,19,21-22H2,1-5H3,(H,36,38)(H,40,41)/t28-,30-/m1/s1. The molecule has 9 nitrogen and oxygen atoms in total. The first kappa shape index (κ1) is 33.5.